The number of carbonyl (C=O) groups excluding carboxylic acids is 2. The quantitative estimate of drug-likeness (QED) is 0.0544. The summed E-state index contributed by atoms with van der Waals surface area (Å²) in [6.45, 7) is 2.03. The van der Waals surface area contributed by atoms with E-state index in [0.29, 0.717) is 7.14 Å². The van der Waals surface area contributed by atoms with Crippen LogP contribution in [0.1, 0.15) is 72.1 Å². The first-order chi connectivity index (χ1) is 32.2. The number of halogens is 8. The number of benzene rings is 4. The zero-order valence-electron chi connectivity index (χ0n) is 36.2. The van der Waals surface area contributed by atoms with Gasteiger partial charge < -0.3 is 51.5 Å². The third-order valence-electron chi connectivity index (χ3n) is 11.9. The highest BCUT2D eigenvalue weighted by atomic mass is 127. The fourth-order valence-corrected chi connectivity index (χ4v) is 9.19. The smallest absolute Gasteiger partial charge is 0.303 e. The molecule has 0 bridgehead atoms. The van der Waals surface area contributed by atoms with Gasteiger partial charge >= 0.3 is 11.9 Å². The molecule has 22 heteroatoms. The van der Waals surface area contributed by atoms with Gasteiger partial charge in [0.15, 0.2) is 23.3 Å². The molecule has 68 heavy (non-hydrogen) atoms. The van der Waals surface area contributed by atoms with Gasteiger partial charge in [-0.3, -0.25) is 19.2 Å². The molecule has 14 nitrogen and oxygen atoms in total. The molecule has 4 aliphatic heterocycles. The second-order valence-corrected chi connectivity index (χ2v) is 19.4. The molecule has 4 aromatic rings. The van der Waals surface area contributed by atoms with E-state index < -0.39 is 81.2 Å². The number of piperidine rings is 2. The topological polar surface area (TPSA) is 204 Å². The number of carboxylic acid groups (broad SMARTS) is 2. The number of β-amino-alcohol motifs (C(OH)–C–C–N with tert-alkyl or cyclic N) is 2. The summed E-state index contributed by atoms with van der Waals surface area (Å²) in [5.74, 6) is -9.37. The van der Waals surface area contributed by atoms with Crippen molar-refractivity contribution in [1.29, 1.82) is 0 Å². The number of aliphatic hydroxyl groups is 2. The highest BCUT2D eigenvalue weighted by molar-refractivity contribution is 14.1. The molecular formula is C46H48F6I2N6O8. The number of amides is 2. The van der Waals surface area contributed by atoms with E-state index in [4.69, 9.17) is 10.2 Å². The van der Waals surface area contributed by atoms with E-state index in [1.54, 1.807) is 12.1 Å². The second-order valence-electron chi connectivity index (χ2n) is 16.9. The minimum absolute atomic E-state index is 0.0690. The molecule has 366 valence electrons. The van der Waals surface area contributed by atoms with Gasteiger partial charge in [0.05, 0.1) is 72.9 Å². The highest BCUT2D eigenvalue weighted by Gasteiger charge is 2.51. The Bertz CT molecular complexity index is 2350. The van der Waals surface area contributed by atoms with Gasteiger partial charge in [-0.05, 0) is 145 Å². The van der Waals surface area contributed by atoms with Gasteiger partial charge in [-0.2, -0.15) is 0 Å². The predicted molar refractivity (Wildman–Crippen MR) is 255 cm³/mol. The van der Waals surface area contributed by atoms with Crippen molar-refractivity contribution in [3.8, 4) is 0 Å². The first-order valence-electron chi connectivity index (χ1n) is 21.5. The largest absolute Gasteiger partial charge is 0.481 e. The predicted octanol–water partition coefficient (Wildman–Crippen LogP) is 7.50. The summed E-state index contributed by atoms with van der Waals surface area (Å²) in [5.41, 5.74) is -3.30. The van der Waals surface area contributed by atoms with Crippen LogP contribution in [-0.2, 0) is 9.59 Å². The molecule has 4 fully saturated rings. The van der Waals surface area contributed by atoms with Gasteiger partial charge in [0.25, 0.3) is 11.8 Å². The number of nitrogens with zero attached hydrogens (tertiary/aromatic N) is 2. The van der Waals surface area contributed by atoms with Crippen molar-refractivity contribution >= 4 is 91.7 Å². The average molecular weight is 1180 g/mol. The molecule has 4 heterocycles. The number of rotatable bonds is 11. The fraction of sp³-hybridized carbons (Fsp3) is 0.391. The Hall–Kier alpha value is -4.76. The average Bonchev–Trinajstić information content (AvgIpc) is 3.29. The van der Waals surface area contributed by atoms with E-state index in [0.717, 1.165) is 63.7 Å². The van der Waals surface area contributed by atoms with E-state index in [1.807, 2.05) is 45.2 Å². The Labute approximate surface area is 414 Å². The molecule has 2 amide bonds. The van der Waals surface area contributed by atoms with E-state index in [2.05, 4.69) is 21.3 Å². The molecule has 2 atom stereocenters. The van der Waals surface area contributed by atoms with Gasteiger partial charge in [0.2, 0.25) is 0 Å². The fourth-order valence-electron chi connectivity index (χ4n) is 8.29. The lowest BCUT2D eigenvalue weighted by Gasteiger charge is -2.51. The van der Waals surface area contributed by atoms with E-state index in [9.17, 15) is 55.7 Å². The standard InChI is InChI=1S/2C21H21F3IN3O2.C4H6O4/c2*22-14-6-5-13(19(18(14)24)27-16-7-4-12(25)9-15(16)23)20(29)28-10-21(30,11-28)17-3-1-2-8-26-17;5-3(6)1-2-4(7)8/h2*4-7,9,17,26-27,30H,1-3,8,10-11H2;1-2H2,(H,5,6)(H,7,8)/t2*17-;/m00./s1. The van der Waals surface area contributed by atoms with Crippen LogP contribution in [0.4, 0.5) is 49.1 Å². The van der Waals surface area contributed by atoms with Crippen molar-refractivity contribution in [3.05, 3.63) is 114 Å². The minimum Gasteiger partial charge on any atom is -0.481 e. The van der Waals surface area contributed by atoms with Gasteiger partial charge in [0.1, 0.15) is 22.8 Å². The molecular weight excluding hydrogens is 1130 g/mol. The van der Waals surface area contributed by atoms with Crippen molar-refractivity contribution in [2.45, 2.75) is 74.7 Å². The third kappa shape index (κ3) is 12.7. The van der Waals surface area contributed by atoms with Crippen molar-refractivity contribution in [2.24, 2.45) is 0 Å². The molecule has 4 aromatic carbocycles. The number of hydrogen-bond donors (Lipinski definition) is 8. The maximum absolute atomic E-state index is 14.6. The van der Waals surface area contributed by atoms with E-state index >= 15 is 0 Å². The van der Waals surface area contributed by atoms with Gasteiger partial charge in [-0.25, -0.2) is 26.3 Å². The molecule has 0 unspecified atom stereocenters. The van der Waals surface area contributed by atoms with Gasteiger partial charge in [0, 0.05) is 19.2 Å². The lowest BCUT2D eigenvalue weighted by molar-refractivity contribution is -0.143. The van der Waals surface area contributed by atoms with Crippen molar-refractivity contribution in [2.75, 3.05) is 49.9 Å². The maximum atomic E-state index is 14.6. The van der Waals surface area contributed by atoms with Crippen LogP contribution in [0.25, 0.3) is 0 Å². The summed E-state index contributed by atoms with van der Waals surface area (Å²) in [7, 11) is 0. The first kappa shape index (κ1) is 52.6. The van der Waals surface area contributed by atoms with Crippen LogP contribution in [0.5, 0.6) is 0 Å². The lowest BCUT2D eigenvalue weighted by atomic mass is 9.81. The third-order valence-corrected chi connectivity index (χ3v) is 13.3. The molecule has 8 N–H and O–H groups in total. The Morgan fingerprint density at radius 1 is 0.574 bits per heavy atom. The van der Waals surface area contributed by atoms with Crippen LogP contribution >= 0.6 is 45.2 Å². The first-order valence-corrected chi connectivity index (χ1v) is 23.7. The normalized spacial score (nSPS) is 19.1. The number of hydrogen-bond acceptors (Lipinski definition) is 10. The molecule has 0 saturated carbocycles. The van der Waals surface area contributed by atoms with Crippen LogP contribution < -0.4 is 21.3 Å². The zero-order chi connectivity index (χ0) is 49.5. The molecule has 0 aromatic heterocycles. The number of nitrogens with one attached hydrogen (secondary N) is 4. The van der Waals surface area contributed by atoms with E-state index in [1.165, 1.54) is 46.2 Å². The van der Waals surface area contributed by atoms with Crippen LogP contribution in [0.15, 0.2) is 60.7 Å². The number of likely N-dealkylation sites (tertiary alicyclic amines) is 2. The summed E-state index contributed by atoms with van der Waals surface area (Å²) in [4.78, 5) is 48.0. The number of carboxylic acids is 2. The maximum Gasteiger partial charge on any atom is 0.303 e. The molecule has 4 aliphatic rings. The van der Waals surface area contributed by atoms with E-state index in [-0.39, 0.29) is 73.6 Å². The number of aliphatic carboxylic acids is 2. The summed E-state index contributed by atoms with van der Waals surface area (Å²) in [6, 6.07) is 12.4. The lowest BCUT2D eigenvalue weighted by Crippen LogP contribution is -2.72. The second kappa shape index (κ2) is 22.8. The Balaban J connectivity index is 0.000000193. The molecule has 0 spiro atoms. The van der Waals surface area contributed by atoms with Crippen LogP contribution in [0.3, 0.4) is 0 Å². The Morgan fingerprint density at radius 2 is 0.941 bits per heavy atom. The summed E-state index contributed by atoms with van der Waals surface area (Å²) in [5, 5.41) is 49.0. The minimum atomic E-state index is -1.26. The summed E-state index contributed by atoms with van der Waals surface area (Å²) >= 11 is 3.87. The SMILES string of the molecule is O=C(O)CCC(=O)O.O=C(c1ccc(F)c(F)c1Nc1ccc(I)cc1F)N1CC(O)([C@@H]2CCCCN2)C1.O=C(c1ccc(F)c(F)c1Nc1ccc(I)cc1F)N1CC(O)([C@@H]2CCCCN2)C1. The monoisotopic (exact) mass is 1180 g/mol. The molecule has 8 rings (SSSR count). The summed E-state index contributed by atoms with van der Waals surface area (Å²) in [6.07, 6.45) is 5.16. The van der Waals surface area contributed by atoms with Crippen molar-refractivity contribution in [1.82, 2.24) is 20.4 Å². The molecule has 4 saturated heterocycles. The number of carbonyl (C=O) groups is 4. The van der Waals surface area contributed by atoms with Crippen molar-refractivity contribution < 1.29 is 65.9 Å². The van der Waals surface area contributed by atoms with Crippen LogP contribution in [-0.4, -0.2) is 117 Å². The van der Waals surface area contributed by atoms with Gasteiger partial charge in [-0.15, -0.1) is 0 Å². The zero-order valence-corrected chi connectivity index (χ0v) is 40.5. The number of anilines is 4. The van der Waals surface area contributed by atoms with Crippen LogP contribution in [0, 0.1) is 42.0 Å². The van der Waals surface area contributed by atoms with Crippen molar-refractivity contribution in [3.63, 3.8) is 0 Å². The van der Waals surface area contributed by atoms with Gasteiger partial charge in [-0.1, -0.05) is 12.8 Å². The van der Waals surface area contributed by atoms with Crippen LogP contribution in [0.2, 0.25) is 0 Å². The molecule has 0 radical (unpaired) electrons. The highest BCUT2D eigenvalue weighted by Crippen LogP contribution is 2.36. The Kier molecular flexibility index (Phi) is 17.6. The molecule has 0 aliphatic carbocycles. The summed E-state index contributed by atoms with van der Waals surface area (Å²) < 4.78 is 86.6. The Morgan fingerprint density at radius 3 is 1.25 bits per heavy atom.